The van der Waals surface area contributed by atoms with Gasteiger partial charge in [-0.25, -0.2) is 0 Å². The molecule has 0 saturated heterocycles. The SMILES string of the molecule is COc1cc(/C=C(/C#N)C(=O)Nc2ccc(Br)cc2)ccc1OCc1ccccc1C#N. The lowest BCUT2D eigenvalue weighted by molar-refractivity contribution is -0.112. The zero-order valence-corrected chi connectivity index (χ0v) is 18.7. The van der Waals surface area contributed by atoms with Crippen LogP contribution >= 0.6 is 15.9 Å². The maximum Gasteiger partial charge on any atom is 0.266 e. The molecule has 1 amide bonds. The number of nitriles is 2. The molecule has 1 N–H and O–H groups in total. The van der Waals surface area contributed by atoms with Crippen molar-refractivity contribution in [2.24, 2.45) is 0 Å². The lowest BCUT2D eigenvalue weighted by atomic mass is 10.1. The van der Waals surface area contributed by atoms with Crippen LogP contribution in [0.2, 0.25) is 0 Å². The van der Waals surface area contributed by atoms with Gasteiger partial charge in [-0.05, 0) is 54.1 Å². The molecular formula is C25H18BrN3O3. The number of nitrogens with one attached hydrogen (secondary N) is 1. The zero-order valence-electron chi connectivity index (χ0n) is 17.1. The number of benzene rings is 3. The molecule has 0 radical (unpaired) electrons. The average Bonchev–Trinajstić information content (AvgIpc) is 2.82. The van der Waals surface area contributed by atoms with Gasteiger partial charge in [-0.3, -0.25) is 4.79 Å². The molecule has 0 bridgehead atoms. The molecule has 3 rings (SSSR count). The number of anilines is 1. The third-order valence-corrected chi connectivity index (χ3v) is 5.02. The van der Waals surface area contributed by atoms with E-state index in [-0.39, 0.29) is 12.2 Å². The van der Waals surface area contributed by atoms with Gasteiger partial charge in [0.15, 0.2) is 11.5 Å². The van der Waals surface area contributed by atoms with Crippen molar-refractivity contribution in [2.45, 2.75) is 6.61 Å². The Labute approximate surface area is 194 Å². The van der Waals surface area contributed by atoms with E-state index in [1.165, 1.54) is 13.2 Å². The second kappa shape index (κ2) is 10.8. The molecule has 158 valence electrons. The molecule has 7 heteroatoms. The number of nitrogens with zero attached hydrogens (tertiary/aromatic N) is 2. The highest BCUT2D eigenvalue weighted by molar-refractivity contribution is 9.10. The molecule has 0 saturated carbocycles. The summed E-state index contributed by atoms with van der Waals surface area (Å²) in [7, 11) is 1.50. The minimum atomic E-state index is -0.512. The molecule has 0 aromatic heterocycles. The molecule has 0 fully saturated rings. The van der Waals surface area contributed by atoms with Crippen LogP contribution in [-0.2, 0) is 11.4 Å². The highest BCUT2D eigenvalue weighted by atomic mass is 79.9. The molecule has 0 atom stereocenters. The van der Waals surface area contributed by atoms with E-state index in [4.69, 9.17) is 9.47 Å². The van der Waals surface area contributed by atoms with E-state index in [9.17, 15) is 15.3 Å². The number of amides is 1. The predicted octanol–water partition coefficient (Wildman–Crippen LogP) is 5.45. The Morgan fingerprint density at radius 3 is 2.50 bits per heavy atom. The van der Waals surface area contributed by atoms with Crippen LogP contribution in [0.15, 0.2) is 76.8 Å². The van der Waals surface area contributed by atoms with E-state index in [1.54, 1.807) is 54.6 Å². The van der Waals surface area contributed by atoms with Crippen LogP contribution in [0.5, 0.6) is 11.5 Å². The summed E-state index contributed by atoms with van der Waals surface area (Å²) in [4.78, 5) is 12.5. The maximum absolute atomic E-state index is 12.5. The fourth-order valence-corrected chi connectivity index (χ4v) is 3.12. The second-order valence-corrected chi connectivity index (χ2v) is 7.51. The van der Waals surface area contributed by atoms with Gasteiger partial charge in [-0.2, -0.15) is 10.5 Å². The first-order chi connectivity index (χ1) is 15.5. The standard InChI is InChI=1S/C25H18BrN3O3/c1-31-24-13-17(6-11-23(24)32-16-19-5-3-2-4-18(19)14-27)12-20(15-28)25(30)29-22-9-7-21(26)8-10-22/h2-13H,16H2,1H3,(H,29,30)/b20-12-. The number of methoxy groups -OCH3 is 1. The minimum Gasteiger partial charge on any atom is -0.493 e. The highest BCUT2D eigenvalue weighted by Gasteiger charge is 2.12. The van der Waals surface area contributed by atoms with Crippen LogP contribution in [0.3, 0.4) is 0 Å². The van der Waals surface area contributed by atoms with Crippen molar-refractivity contribution in [2.75, 3.05) is 12.4 Å². The summed E-state index contributed by atoms with van der Waals surface area (Å²) in [6.45, 7) is 0.203. The average molecular weight is 488 g/mol. The number of halogens is 1. The van der Waals surface area contributed by atoms with Gasteiger partial charge in [-0.1, -0.05) is 40.2 Å². The van der Waals surface area contributed by atoms with Gasteiger partial charge in [-0.15, -0.1) is 0 Å². The van der Waals surface area contributed by atoms with Gasteiger partial charge in [0.25, 0.3) is 5.91 Å². The van der Waals surface area contributed by atoms with Crippen molar-refractivity contribution in [1.29, 1.82) is 10.5 Å². The van der Waals surface area contributed by atoms with Crippen LogP contribution in [0.25, 0.3) is 6.08 Å². The second-order valence-electron chi connectivity index (χ2n) is 6.60. The van der Waals surface area contributed by atoms with E-state index < -0.39 is 5.91 Å². The van der Waals surface area contributed by atoms with Crippen LogP contribution in [0.1, 0.15) is 16.7 Å². The predicted molar refractivity (Wildman–Crippen MR) is 125 cm³/mol. The lowest BCUT2D eigenvalue weighted by Gasteiger charge is -2.12. The monoisotopic (exact) mass is 487 g/mol. The summed E-state index contributed by atoms with van der Waals surface area (Å²) < 4.78 is 12.1. The lowest BCUT2D eigenvalue weighted by Crippen LogP contribution is -2.13. The number of carbonyl (C=O) groups is 1. The number of hydrogen-bond acceptors (Lipinski definition) is 5. The molecular weight excluding hydrogens is 470 g/mol. The first kappa shape index (κ1) is 22.6. The molecule has 6 nitrogen and oxygen atoms in total. The Hall–Kier alpha value is -4.07. The van der Waals surface area contributed by atoms with Crippen molar-refractivity contribution >= 4 is 33.6 Å². The highest BCUT2D eigenvalue weighted by Crippen LogP contribution is 2.30. The Bertz CT molecular complexity index is 1240. The summed E-state index contributed by atoms with van der Waals surface area (Å²) in [6.07, 6.45) is 1.48. The van der Waals surface area contributed by atoms with Gasteiger partial charge in [0.05, 0.1) is 18.7 Å². The Morgan fingerprint density at radius 1 is 1.06 bits per heavy atom. The van der Waals surface area contributed by atoms with Crippen LogP contribution in [0.4, 0.5) is 5.69 Å². The molecule has 0 aliphatic heterocycles. The summed E-state index contributed by atoms with van der Waals surface area (Å²) >= 11 is 3.34. The fraction of sp³-hybridized carbons (Fsp3) is 0.0800. The first-order valence-electron chi connectivity index (χ1n) is 9.51. The number of rotatable bonds is 7. The number of carbonyl (C=O) groups excluding carboxylic acids is 1. The van der Waals surface area contributed by atoms with Crippen molar-refractivity contribution in [1.82, 2.24) is 0 Å². The third-order valence-electron chi connectivity index (χ3n) is 4.49. The molecule has 3 aromatic carbocycles. The van der Waals surface area contributed by atoms with Crippen molar-refractivity contribution in [3.05, 3.63) is 93.5 Å². The molecule has 0 spiro atoms. The van der Waals surface area contributed by atoms with Crippen molar-refractivity contribution in [3.8, 4) is 23.6 Å². The van der Waals surface area contributed by atoms with Gasteiger partial charge >= 0.3 is 0 Å². The molecule has 0 aliphatic rings. The zero-order chi connectivity index (χ0) is 22.9. The first-order valence-corrected chi connectivity index (χ1v) is 10.3. The molecule has 32 heavy (non-hydrogen) atoms. The van der Waals surface area contributed by atoms with Crippen LogP contribution in [0, 0.1) is 22.7 Å². The fourth-order valence-electron chi connectivity index (χ4n) is 2.85. The van der Waals surface area contributed by atoms with E-state index in [0.29, 0.717) is 28.3 Å². The number of hydrogen-bond donors (Lipinski definition) is 1. The molecule has 0 heterocycles. The molecule has 3 aromatic rings. The normalized spacial score (nSPS) is 10.6. The van der Waals surface area contributed by atoms with Crippen molar-refractivity contribution in [3.63, 3.8) is 0 Å². The van der Waals surface area contributed by atoms with Gasteiger partial charge < -0.3 is 14.8 Å². The third kappa shape index (κ3) is 5.75. The van der Waals surface area contributed by atoms with E-state index in [1.807, 2.05) is 18.2 Å². The molecule has 0 unspecified atom stereocenters. The Morgan fingerprint density at radius 2 is 1.81 bits per heavy atom. The largest absolute Gasteiger partial charge is 0.493 e. The van der Waals surface area contributed by atoms with Gasteiger partial charge in [0.2, 0.25) is 0 Å². The van der Waals surface area contributed by atoms with Gasteiger partial charge in [0, 0.05) is 15.7 Å². The quantitative estimate of drug-likeness (QED) is 0.352. The van der Waals surface area contributed by atoms with Crippen molar-refractivity contribution < 1.29 is 14.3 Å². The van der Waals surface area contributed by atoms with E-state index in [2.05, 4.69) is 27.3 Å². The summed E-state index contributed by atoms with van der Waals surface area (Å²) in [6, 6.07) is 23.4. The number of ether oxygens (including phenoxy) is 2. The maximum atomic E-state index is 12.5. The van der Waals surface area contributed by atoms with Gasteiger partial charge in [0.1, 0.15) is 18.2 Å². The minimum absolute atomic E-state index is 0.0495. The smallest absolute Gasteiger partial charge is 0.266 e. The van der Waals surface area contributed by atoms with E-state index in [0.717, 1.165) is 10.0 Å². The van der Waals surface area contributed by atoms with E-state index >= 15 is 0 Å². The summed E-state index contributed by atoms with van der Waals surface area (Å²) in [5.41, 5.74) is 2.44. The summed E-state index contributed by atoms with van der Waals surface area (Å²) in [5.74, 6) is 0.413. The van der Waals surface area contributed by atoms with Crippen LogP contribution < -0.4 is 14.8 Å². The molecule has 0 aliphatic carbocycles. The van der Waals surface area contributed by atoms with Crippen LogP contribution in [-0.4, -0.2) is 13.0 Å². The topological polar surface area (TPSA) is 95.1 Å². The Balaban J connectivity index is 1.76. The Kier molecular flexibility index (Phi) is 7.64. The summed E-state index contributed by atoms with van der Waals surface area (Å²) in [5, 5.41) is 21.4.